The van der Waals surface area contributed by atoms with Crippen molar-refractivity contribution in [1.82, 2.24) is 10.2 Å². The van der Waals surface area contributed by atoms with Gasteiger partial charge in [0.05, 0.1) is 19.1 Å². The lowest BCUT2D eigenvalue weighted by molar-refractivity contribution is -0.139. The highest BCUT2D eigenvalue weighted by Gasteiger charge is 2.40. The van der Waals surface area contributed by atoms with Crippen molar-refractivity contribution in [3.05, 3.63) is 35.9 Å². The zero-order valence-electron chi connectivity index (χ0n) is 23.2. The standard InChI is InChI=1S/C29H48N4O6/c30-25(28(36)37)14-10-11-17-32-27(35)16-9-4-2-1-3-8-15-26(34)24(22-33-18-20-39-21-19-33)29(31,38)23-12-6-5-7-13-23/h5-7,12-13,24-25,38H,1-4,8-11,14-22,30-31H2,(H,32,35)(H,36,37)/t24-,25+,29-/m1/s1. The Labute approximate surface area is 232 Å². The fourth-order valence-electron chi connectivity index (χ4n) is 4.83. The van der Waals surface area contributed by atoms with Gasteiger partial charge in [-0.25, -0.2) is 0 Å². The number of rotatable bonds is 20. The summed E-state index contributed by atoms with van der Waals surface area (Å²) in [4.78, 5) is 38.0. The molecule has 7 N–H and O–H groups in total. The third-order valence-electron chi connectivity index (χ3n) is 7.36. The molecule has 39 heavy (non-hydrogen) atoms. The molecule has 0 saturated carbocycles. The lowest BCUT2D eigenvalue weighted by Crippen LogP contribution is -2.53. The Hall–Kier alpha value is -2.37. The van der Waals surface area contributed by atoms with Gasteiger partial charge < -0.3 is 26.0 Å². The first-order valence-electron chi connectivity index (χ1n) is 14.4. The largest absolute Gasteiger partial charge is 0.480 e. The van der Waals surface area contributed by atoms with Gasteiger partial charge in [0.2, 0.25) is 5.91 Å². The Morgan fingerprint density at radius 1 is 0.949 bits per heavy atom. The second-order valence-electron chi connectivity index (χ2n) is 10.5. The predicted octanol–water partition coefficient (Wildman–Crippen LogP) is 2.13. The fourth-order valence-corrected chi connectivity index (χ4v) is 4.83. The molecule has 0 radical (unpaired) electrons. The highest BCUT2D eigenvalue weighted by molar-refractivity contribution is 5.82. The summed E-state index contributed by atoms with van der Waals surface area (Å²) in [5.41, 5.74) is 10.7. The van der Waals surface area contributed by atoms with Gasteiger partial charge in [-0.3, -0.25) is 25.0 Å². The molecule has 1 aromatic rings. The molecule has 0 bridgehead atoms. The molecule has 1 fully saturated rings. The Bertz CT molecular complexity index is 861. The Morgan fingerprint density at radius 3 is 2.21 bits per heavy atom. The number of benzene rings is 1. The Kier molecular flexibility index (Phi) is 15.2. The van der Waals surface area contributed by atoms with Crippen LogP contribution in [-0.2, 0) is 24.8 Å². The summed E-state index contributed by atoms with van der Waals surface area (Å²) in [5, 5.41) is 22.9. The molecule has 0 spiro atoms. The van der Waals surface area contributed by atoms with Gasteiger partial charge in [0.25, 0.3) is 0 Å². The van der Waals surface area contributed by atoms with Crippen LogP contribution in [0.4, 0.5) is 0 Å². The van der Waals surface area contributed by atoms with E-state index in [4.69, 9.17) is 21.3 Å². The number of carboxylic acid groups (broad SMARTS) is 1. The normalized spacial score (nSPS) is 17.2. The third-order valence-corrected chi connectivity index (χ3v) is 7.36. The van der Waals surface area contributed by atoms with E-state index in [0.717, 1.165) is 38.5 Å². The van der Waals surface area contributed by atoms with Crippen LogP contribution in [0, 0.1) is 5.92 Å². The molecule has 3 atom stereocenters. The van der Waals surface area contributed by atoms with Gasteiger partial charge >= 0.3 is 5.97 Å². The summed E-state index contributed by atoms with van der Waals surface area (Å²) >= 11 is 0. The number of aliphatic carboxylic acids is 1. The maximum Gasteiger partial charge on any atom is 0.320 e. The minimum absolute atomic E-state index is 0.0159. The summed E-state index contributed by atoms with van der Waals surface area (Å²) in [6.45, 7) is 3.60. The number of morpholine rings is 1. The summed E-state index contributed by atoms with van der Waals surface area (Å²) in [5.74, 6) is -1.71. The number of nitrogens with one attached hydrogen (secondary N) is 1. The summed E-state index contributed by atoms with van der Waals surface area (Å²) in [7, 11) is 0. The van der Waals surface area contributed by atoms with Crippen molar-refractivity contribution in [2.24, 2.45) is 17.4 Å². The number of ketones is 1. The predicted molar refractivity (Wildman–Crippen MR) is 150 cm³/mol. The van der Waals surface area contributed by atoms with Gasteiger partial charge in [0, 0.05) is 39.0 Å². The average molecular weight is 549 g/mol. The number of amides is 1. The van der Waals surface area contributed by atoms with E-state index in [-0.39, 0.29) is 11.7 Å². The van der Waals surface area contributed by atoms with E-state index in [1.54, 1.807) is 12.1 Å². The first-order chi connectivity index (χ1) is 18.7. The second-order valence-corrected chi connectivity index (χ2v) is 10.5. The molecule has 1 amide bonds. The van der Waals surface area contributed by atoms with E-state index >= 15 is 0 Å². The van der Waals surface area contributed by atoms with Crippen LogP contribution in [0.5, 0.6) is 0 Å². The van der Waals surface area contributed by atoms with Gasteiger partial charge in [-0.15, -0.1) is 0 Å². The Balaban J connectivity index is 1.63. The molecular weight excluding hydrogens is 500 g/mol. The molecule has 0 aliphatic carbocycles. The van der Waals surface area contributed by atoms with Crippen molar-refractivity contribution in [3.63, 3.8) is 0 Å². The van der Waals surface area contributed by atoms with Crippen molar-refractivity contribution in [2.75, 3.05) is 39.4 Å². The molecule has 1 aliphatic heterocycles. The molecule has 10 heteroatoms. The van der Waals surface area contributed by atoms with E-state index in [2.05, 4.69) is 10.2 Å². The van der Waals surface area contributed by atoms with Gasteiger partial charge in [0.1, 0.15) is 11.8 Å². The maximum atomic E-state index is 13.3. The number of nitrogens with zero attached hydrogens (tertiary/aromatic N) is 1. The number of aliphatic hydroxyl groups is 1. The lowest BCUT2D eigenvalue weighted by Gasteiger charge is -2.37. The number of nitrogens with two attached hydrogens (primary N) is 2. The van der Waals surface area contributed by atoms with Crippen LogP contribution in [-0.4, -0.2) is 78.2 Å². The van der Waals surface area contributed by atoms with E-state index in [9.17, 15) is 19.5 Å². The number of hydrogen-bond acceptors (Lipinski definition) is 8. The molecule has 0 unspecified atom stereocenters. The van der Waals surface area contributed by atoms with Gasteiger partial charge in [-0.2, -0.15) is 0 Å². The van der Waals surface area contributed by atoms with Crippen molar-refractivity contribution >= 4 is 17.7 Å². The molecule has 1 heterocycles. The number of unbranched alkanes of at least 4 members (excludes halogenated alkanes) is 6. The van der Waals surface area contributed by atoms with Crippen LogP contribution in [0.1, 0.15) is 76.2 Å². The minimum atomic E-state index is -1.73. The van der Waals surface area contributed by atoms with Gasteiger partial charge in [-0.05, 0) is 37.7 Å². The van der Waals surface area contributed by atoms with Crippen molar-refractivity contribution in [2.45, 2.75) is 82.4 Å². The zero-order valence-corrected chi connectivity index (χ0v) is 23.2. The summed E-state index contributed by atoms with van der Waals surface area (Å²) in [6, 6.07) is 8.17. The number of carboxylic acids is 1. The molecule has 1 aromatic carbocycles. The molecule has 10 nitrogen and oxygen atoms in total. The van der Waals surface area contributed by atoms with Crippen LogP contribution in [0.2, 0.25) is 0 Å². The van der Waals surface area contributed by atoms with Crippen LogP contribution < -0.4 is 16.8 Å². The lowest BCUT2D eigenvalue weighted by atomic mass is 9.84. The highest BCUT2D eigenvalue weighted by atomic mass is 16.5. The average Bonchev–Trinajstić information content (AvgIpc) is 2.93. The monoisotopic (exact) mass is 548 g/mol. The van der Waals surface area contributed by atoms with E-state index in [1.807, 2.05) is 18.2 Å². The molecule has 1 aliphatic rings. The number of ether oxygens (including phenoxy) is 1. The second kappa shape index (κ2) is 18.1. The quantitative estimate of drug-likeness (QED) is 0.121. The van der Waals surface area contributed by atoms with Crippen LogP contribution in [0.15, 0.2) is 30.3 Å². The van der Waals surface area contributed by atoms with E-state index in [1.165, 1.54) is 0 Å². The fraction of sp³-hybridized carbons (Fsp3) is 0.690. The van der Waals surface area contributed by atoms with Crippen LogP contribution in [0.25, 0.3) is 0 Å². The van der Waals surface area contributed by atoms with Gasteiger partial charge in [-0.1, -0.05) is 56.0 Å². The van der Waals surface area contributed by atoms with Gasteiger partial charge in [0.15, 0.2) is 5.72 Å². The molecule has 0 aromatic heterocycles. The number of hydrogen-bond donors (Lipinski definition) is 5. The first kappa shape index (κ1) is 32.8. The maximum absolute atomic E-state index is 13.3. The van der Waals surface area contributed by atoms with E-state index in [0.29, 0.717) is 77.1 Å². The number of Topliss-reactive ketones (excluding diaryl/α,β-unsaturated/α-hetero) is 1. The van der Waals surface area contributed by atoms with Crippen LogP contribution >= 0.6 is 0 Å². The summed E-state index contributed by atoms with van der Waals surface area (Å²) in [6.07, 6.45) is 8.04. The zero-order chi connectivity index (χ0) is 28.5. The highest BCUT2D eigenvalue weighted by Crippen LogP contribution is 2.28. The SMILES string of the molecule is N[C@@H](CCCCNC(=O)CCCCCCCCC(=O)[C@@H](CN1CCOCC1)[C@](N)(O)c1ccccc1)C(=O)O. The summed E-state index contributed by atoms with van der Waals surface area (Å²) < 4.78 is 5.42. The van der Waals surface area contributed by atoms with Crippen molar-refractivity contribution < 1.29 is 29.3 Å². The number of carbonyl (C=O) groups excluding carboxylic acids is 2. The van der Waals surface area contributed by atoms with E-state index < -0.39 is 23.7 Å². The Morgan fingerprint density at radius 2 is 1.56 bits per heavy atom. The number of carbonyl (C=O) groups is 3. The van der Waals surface area contributed by atoms with Crippen LogP contribution in [0.3, 0.4) is 0 Å². The third kappa shape index (κ3) is 12.6. The molecular formula is C29H48N4O6. The minimum Gasteiger partial charge on any atom is -0.480 e. The molecule has 1 saturated heterocycles. The first-order valence-corrected chi connectivity index (χ1v) is 14.4. The van der Waals surface area contributed by atoms with Crippen molar-refractivity contribution in [3.8, 4) is 0 Å². The molecule has 220 valence electrons. The van der Waals surface area contributed by atoms with Crippen molar-refractivity contribution in [1.29, 1.82) is 0 Å². The molecule has 2 rings (SSSR count). The topological polar surface area (TPSA) is 168 Å². The smallest absolute Gasteiger partial charge is 0.320 e.